The van der Waals surface area contributed by atoms with Gasteiger partial charge in [0.15, 0.2) is 11.5 Å². The summed E-state index contributed by atoms with van der Waals surface area (Å²) in [4.78, 5) is 0. The third kappa shape index (κ3) is 2.74. The summed E-state index contributed by atoms with van der Waals surface area (Å²) in [5, 5.41) is 10.7. The van der Waals surface area contributed by atoms with E-state index < -0.39 is 0 Å². The Balaban J connectivity index is 1.78. The molecule has 0 spiro atoms. The molecule has 4 nitrogen and oxygen atoms in total. The number of ether oxygens (including phenoxy) is 2. The maximum Gasteiger partial charge on any atom is 0.160 e. The first-order valence-corrected chi connectivity index (χ1v) is 7.78. The van der Waals surface area contributed by atoms with Crippen molar-refractivity contribution in [1.29, 1.82) is 0 Å². The van der Waals surface area contributed by atoms with E-state index in [9.17, 15) is 5.11 Å². The van der Waals surface area contributed by atoms with Crippen LogP contribution in [-0.2, 0) is 0 Å². The molecule has 1 aromatic carbocycles. The van der Waals surface area contributed by atoms with E-state index in [1.807, 2.05) is 18.2 Å². The molecule has 3 rings (SSSR count). The summed E-state index contributed by atoms with van der Waals surface area (Å²) >= 11 is 0. The zero-order valence-electron chi connectivity index (χ0n) is 12.8. The van der Waals surface area contributed by atoms with E-state index in [-0.39, 0.29) is 12.0 Å². The minimum Gasteiger partial charge on any atom is -0.493 e. The minimum atomic E-state index is -0.360. The van der Waals surface area contributed by atoms with Crippen LogP contribution in [0.3, 0.4) is 0 Å². The molecule has 2 saturated carbocycles. The van der Waals surface area contributed by atoms with Crippen LogP contribution >= 0.6 is 0 Å². The Morgan fingerprint density at radius 2 is 1.81 bits per heavy atom. The van der Waals surface area contributed by atoms with Gasteiger partial charge >= 0.3 is 0 Å². The molecule has 2 fully saturated rings. The average molecular weight is 291 g/mol. The number of benzene rings is 1. The minimum absolute atomic E-state index is 0.0349. The lowest BCUT2D eigenvalue weighted by Crippen LogP contribution is -2.32. The summed E-state index contributed by atoms with van der Waals surface area (Å²) in [6.07, 6.45) is 3.33. The number of rotatable bonds is 6. The summed E-state index contributed by atoms with van der Waals surface area (Å²) < 4.78 is 10.6. The normalized spacial score (nSPS) is 29.6. The van der Waals surface area contributed by atoms with Crippen LogP contribution in [0, 0.1) is 17.8 Å². The van der Waals surface area contributed by atoms with Crippen molar-refractivity contribution < 1.29 is 14.6 Å². The lowest BCUT2D eigenvalue weighted by molar-refractivity contribution is 0.0789. The molecule has 0 amide bonds. The molecule has 2 aliphatic rings. The zero-order valence-corrected chi connectivity index (χ0v) is 12.8. The molecule has 116 valence electrons. The van der Waals surface area contributed by atoms with E-state index in [0.29, 0.717) is 24.0 Å². The lowest BCUT2D eigenvalue weighted by Gasteiger charge is -2.28. The fourth-order valence-electron chi connectivity index (χ4n) is 3.93. The van der Waals surface area contributed by atoms with Crippen molar-refractivity contribution in [3.05, 3.63) is 23.8 Å². The molecular weight excluding hydrogens is 266 g/mol. The molecule has 0 heterocycles. The topological polar surface area (TPSA) is 64.7 Å². The van der Waals surface area contributed by atoms with E-state index >= 15 is 0 Å². The van der Waals surface area contributed by atoms with Gasteiger partial charge in [0.1, 0.15) is 0 Å². The summed E-state index contributed by atoms with van der Waals surface area (Å²) in [6, 6.07) is 5.81. The number of nitrogens with two attached hydrogens (primary N) is 1. The molecule has 4 atom stereocenters. The van der Waals surface area contributed by atoms with Crippen LogP contribution in [0.2, 0.25) is 0 Å². The smallest absolute Gasteiger partial charge is 0.160 e. The SMILES string of the molecule is COc1ccc(C(CN)C(O)C2CC3CC3C2)cc1OC. The highest BCUT2D eigenvalue weighted by molar-refractivity contribution is 5.44. The van der Waals surface area contributed by atoms with Crippen molar-refractivity contribution in [3.63, 3.8) is 0 Å². The standard InChI is InChI=1S/C17H25NO3/c1-20-15-4-3-10(8-16(15)21-2)14(9-18)17(19)13-6-11-5-12(11)7-13/h3-4,8,11-14,17,19H,5-7,9,18H2,1-2H3. The van der Waals surface area contributed by atoms with Crippen molar-refractivity contribution in [3.8, 4) is 11.5 Å². The second-order valence-corrected chi connectivity index (χ2v) is 6.43. The first-order valence-electron chi connectivity index (χ1n) is 7.78. The Hall–Kier alpha value is -1.26. The maximum absolute atomic E-state index is 10.7. The van der Waals surface area contributed by atoms with Crippen molar-refractivity contribution in [2.24, 2.45) is 23.5 Å². The highest BCUT2D eigenvalue weighted by Gasteiger charge is 2.48. The first-order chi connectivity index (χ1) is 10.2. The van der Waals surface area contributed by atoms with Crippen LogP contribution in [0.15, 0.2) is 18.2 Å². The quantitative estimate of drug-likeness (QED) is 0.843. The van der Waals surface area contributed by atoms with Gasteiger partial charge in [0, 0.05) is 12.5 Å². The predicted octanol–water partition coefficient (Wildman–Crippen LogP) is 2.15. The first kappa shape index (κ1) is 14.7. The van der Waals surface area contributed by atoms with E-state index in [1.165, 1.54) is 6.42 Å². The molecule has 0 aliphatic heterocycles. The molecule has 3 N–H and O–H groups in total. The maximum atomic E-state index is 10.7. The fraction of sp³-hybridized carbons (Fsp3) is 0.647. The van der Waals surface area contributed by atoms with Gasteiger partial charge < -0.3 is 20.3 Å². The van der Waals surface area contributed by atoms with Gasteiger partial charge in [-0.25, -0.2) is 0 Å². The predicted molar refractivity (Wildman–Crippen MR) is 81.7 cm³/mol. The molecule has 0 aromatic heterocycles. The van der Waals surface area contributed by atoms with Crippen LogP contribution in [0.25, 0.3) is 0 Å². The van der Waals surface area contributed by atoms with Gasteiger partial charge in [-0.05, 0) is 54.7 Å². The molecule has 0 radical (unpaired) electrons. The van der Waals surface area contributed by atoms with Gasteiger partial charge in [0.2, 0.25) is 0 Å². The van der Waals surface area contributed by atoms with Crippen LogP contribution in [-0.4, -0.2) is 32.0 Å². The third-order valence-corrected chi connectivity index (χ3v) is 5.26. The molecule has 21 heavy (non-hydrogen) atoms. The zero-order chi connectivity index (χ0) is 15.0. The summed E-state index contributed by atoms with van der Waals surface area (Å²) in [5.74, 6) is 3.49. The van der Waals surface area contributed by atoms with Gasteiger partial charge in [-0.2, -0.15) is 0 Å². The number of hydrogen-bond acceptors (Lipinski definition) is 4. The van der Waals surface area contributed by atoms with Gasteiger partial charge in [0.05, 0.1) is 20.3 Å². The average Bonchev–Trinajstić information content (AvgIpc) is 3.13. The molecular formula is C17H25NO3. The number of aliphatic hydroxyl groups excluding tert-OH is 1. The molecule has 4 heteroatoms. The molecule has 1 aromatic rings. The Bertz CT molecular complexity index is 495. The van der Waals surface area contributed by atoms with Crippen LogP contribution in [0.5, 0.6) is 11.5 Å². The number of methoxy groups -OCH3 is 2. The van der Waals surface area contributed by atoms with Gasteiger partial charge in [-0.15, -0.1) is 0 Å². The Kier molecular flexibility index (Phi) is 4.09. The number of fused-ring (bicyclic) bond motifs is 1. The van der Waals surface area contributed by atoms with E-state index in [0.717, 1.165) is 30.2 Å². The van der Waals surface area contributed by atoms with Gasteiger partial charge in [0.25, 0.3) is 0 Å². The molecule has 0 saturated heterocycles. The lowest BCUT2D eigenvalue weighted by atomic mass is 9.83. The summed E-state index contributed by atoms with van der Waals surface area (Å²) in [6.45, 7) is 0.447. The highest BCUT2D eigenvalue weighted by atomic mass is 16.5. The van der Waals surface area contributed by atoms with Gasteiger partial charge in [-0.3, -0.25) is 0 Å². The van der Waals surface area contributed by atoms with Crippen LogP contribution in [0.4, 0.5) is 0 Å². The van der Waals surface area contributed by atoms with Crippen LogP contribution < -0.4 is 15.2 Å². The largest absolute Gasteiger partial charge is 0.493 e. The second-order valence-electron chi connectivity index (χ2n) is 6.43. The van der Waals surface area contributed by atoms with Crippen molar-refractivity contribution in [2.75, 3.05) is 20.8 Å². The Morgan fingerprint density at radius 3 is 2.38 bits per heavy atom. The third-order valence-electron chi connectivity index (χ3n) is 5.26. The molecule has 4 unspecified atom stereocenters. The van der Waals surface area contributed by atoms with Crippen molar-refractivity contribution in [1.82, 2.24) is 0 Å². The van der Waals surface area contributed by atoms with E-state index in [2.05, 4.69) is 0 Å². The van der Waals surface area contributed by atoms with Gasteiger partial charge in [-0.1, -0.05) is 6.07 Å². The molecule has 2 aliphatic carbocycles. The number of aliphatic hydroxyl groups is 1. The van der Waals surface area contributed by atoms with Crippen LogP contribution in [0.1, 0.15) is 30.7 Å². The van der Waals surface area contributed by atoms with E-state index in [4.69, 9.17) is 15.2 Å². The fourth-order valence-corrected chi connectivity index (χ4v) is 3.93. The monoisotopic (exact) mass is 291 g/mol. The molecule has 0 bridgehead atoms. The second kappa shape index (κ2) is 5.85. The Labute approximate surface area is 126 Å². The summed E-state index contributed by atoms with van der Waals surface area (Å²) in [7, 11) is 3.25. The highest BCUT2D eigenvalue weighted by Crippen LogP contribution is 2.56. The Morgan fingerprint density at radius 1 is 1.14 bits per heavy atom. The van der Waals surface area contributed by atoms with Crippen molar-refractivity contribution >= 4 is 0 Å². The van der Waals surface area contributed by atoms with Crippen molar-refractivity contribution in [2.45, 2.75) is 31.3 Å². The van der Waals surface area contributed by atoms with E-state index in [1.54, 1.807) is 14.2 Å². The number of hydrogen-bond donors (Lipinski definition) is 2. The summed E-state index contributed by atoms with van der Waals surface area (Å²) in [5.41, 5.74) is 6.98.